The van der Waals surface area contributed by atoms with Gasteiger partial charge in [0, 0.05) is 11.4 Å². The van der Waals surface area contributed by atoms with Gasteiger partial charge in [-0.15, -0.1) is 0 Å². The molecule has 0 spiro atoms. The van der Waals surface area contributed by atoms with Crippen molar-refractivity contribution in [3.05, 3.63) is 66.7 Å². The van der Waals surface area contributed by atoms with Gasteiger partial charge in [-0.05, 0) is 36.4 Å². The summed E-state index contributed by atoms with van der Waals surface area (Å²) in [5.41, 5.74) is 3.99. The summed E-state index contributed by atoms with van der Waals surface area (Å²) in [6, 6.07) is 15.5. The van der Waals surface area contributed by atoms with Gasteiger partial charge in [-0.1, -0.05) is 12.1 Å². The molecule has 1 N–H and O–H groups in total. The first-order valence-electron chi connectivity index (χ1n) is 6.93. The summed E-state index contributed by atoms with van der Waals surface area (Å²) >= 11 is 1.01. The van der Waals surface area contributed by atoms with Crippen molar-refractivity contribution >= 4 is 34.4 Å². The Kier molecular flexibility index (Phi) is 3.32. The zero-order valence-electron chi connectivity index (χ0n) is 11.9. The highest BCUT2D eigenvalue weighted by Gasteiger charge is 2.09. The summed E-state index contributed by atoms with van der Waals surface area (Å²) in [6.45, 7) is 0. The van der Waals surface area contributed by atoms with E-state index in [1.807, 2.05) is 53.1 Å². The lowest BCUT2D eigenvalue weighted by atomic mass is 10.2. The van der Waals surface area contributed by atoms with Crippen molar-refractivity contribution < 1.29 is 4.79 Å². The molecule has 0 radical (unpaired) electrons. The number of benzene rings is 2. The van der Waals surface area contributed by atoms with E-state index < -0.39 is 0 Å². The number of aromatic nitrogens is 4. The van der Waals surface area contributed by atoms with Crippen molar-refractivity contribution in [1.82, 2.24) is 18.3 Å². The van der Waals surface area contributed by atoms with Crippen molar-refractivity contribution in [1.29, 1.82) is 0 Å². The molecule has 2 aromatic heterocycles. The highest BCUT2D eigenvalue weighted by molar-refractivity contribution is 6.99. The number of rotatable bonds is 3. The second-order valence-electron chi connectivity index (χ2n) is 4.90. The molecule has 23 heavy (non-hydrogen) atoms. The maximum absolute atomic E-state index is 11.9. The molecule has 0 aliphatic heterocycles. The first-order valence-corrected chi connectivity index (χ1v) is 7.66. The number of nitrogens with one attached hydrogen (secondary N) is 1. The number of para-hydroxylation sites is 2. The lowest BCUT2D eigenvalue weighted by Crippen LogP contribution is -2.12. The van der Waals surface area contributed by atoms with E-state index in [0.29, 0.717) is 11.4 Å². The zero-order chi connectivity index (χ0) is 15.6. The Morgan fingerprint density at radius 1 is 1.09 bits per heavy atom. The monoisotopic (exact) mass is 321 g/mol. The van der Waals surface area contributed by atoms with Gasteiger partial charge in [0.1, 0.15) is 6.33 Å². The summed E-state index contributed by atoms with van der Waals surface area (Å²) in [5, 5.41) is 2.79. The second kappa shape index (κ2) is 5.62. The number of carbonyl (C=O) groups is 1. The van der Waals surface area contributed by atoms with Gasteiger partial charge >= 0.3 is 0 Å². The third-order valence-corrected chi connectivity index (χ3v) is 3.93. The minimum absolute atomic E-state index is 0.264. The van der Waals surface area contributed by atoms with Crippen LogP contribution in [0.1, 0.15) is 10.5 Å². The number of anilines is 1. The fourth-order valence-corrected chi connectivity index (χ4v) is 2.74. The SMILES string of the molecule is O=C(Nc1ccc(-n2cnc3ccccc32)cc1)c1cnsn1. The molecule has 1 amide bonds. The minimum atomic E-state index is -0.264. The summed E-state index contributed by atoms with van der Waals surface area (Å²) < 4.78 is 9.74. The Balaban J connectivity index is 1.60. The number of amides is 1. The molecule has 7 heteroatoms. The van der Waals surface area contributed by atoms with Crippen LogP contribution in [0.5, 0.6) is 0 Å². The molecule has 0 saturated carbocycles. The molecule has 0 saturated heterocycles. The Hall–Kier alpha value is -3.06. The maximum atomic E-state index is 11.9. The van der Waals surface area contributed by atoms with Gasteiger partial charge < -0.3 is 5.32 Å². The number of hydrogen-bond acceptors (Lipinski definition) is 5. The van der Waals surface area contributed by atoms with Crippen molar-refractivity contribution in [2.75, 3.05) is 5.32 Å². The molecule has 0 atom stereocenters. The van der Waals surface area contributed by atoms with Crippen LogP contribution in [-0.4, -0.2) is 24.2 Å². The maximum Gasteiger partial charge on any atom is 0.277 e. The molecule has 0 aliphatic carbocycles. The third-order valence-electron chi connectivity index (χ3n) is 3.45. The van der Waals surface area contributed by atoms with Gasteiger partial charge in [0.05, 0.1) is 29.0 Å². The predicted octanol–water partition coefficient (Wildman–Crippen LogP) is 3.13. The molecule has 0 bridgehead atoms. The van der Waals surface area contributed by atoms with E-state index in [1.54, 1.807) is 6.33 Å². The largest absolute Gasteiger partial charge is 0.321 e. The smallest absolute Gasteiger partial charge is 0.277 e. The van der Waals surface area contributed by atoms with Gasteiger partial charge in [-0.2, -0.15) is 8.75 Å². The van der Waals surface area contributed by atoms with Crippen molar-refractivity contribution in [3.63, 3.8) is 0 Å². The number of hydrogen-bond donors (Lipinski definition) is 1. The Morgan fingerprint density at radius 2 is 1.91 bits per heavy atom. The fourth-order valence-electron chi connectivity index (χ4n) is 2.33. The molecule has 0 fully saturated rings. The van der Waals surface area contributed by atoms with Gasteiger partial charge in [-0.25, -0.2) is 4.98 Å². The van der Waals surface area contributed by atoms with Crippen LogP contribution in [0.15, 0.2) is 61.1 Å². The quantitative estimate of drug-likeness (QED) is 0.629. The number of fused-ring (bicyclic) bond motifs is 1. The van der Waals surface area contributed by atoms with Crippen LogP contribution in [0.4, 0.5) is 5.69 Å². The molecule has 2 aromatic carbocycles. The minimum Gasteiger partial charge on any atom is -0.321 e. The molecular weight excluding hydrogens is 310 g/mol. The third kappa shape index (κ3) is 2.58. The molecule has 4 rings (SSSR count). The summed E-state index contributed by atoms with van der Waals surface area (Å²) in [5.74, 6) is -0.264. The molecule has 2 heterocycles. The van der Waals surface area contributed by atoms with E-state index in [-0.39, 0.29) is 5.91 Å². The van der Waals surface area contributed by atoms with Gasteiger partial charge in [0.2, 0.25) is 0 Å². The number of carbonyl (C=O) groups excluding carboxylic acids is 1. The van der Waals surface area contributed by atoms with Crippen LogP contribution < -0.4 is 5.32 Å². The summed E-state index contributed by atoms with van der Waals surface area (Å²) in [6.07, 6.45) is 3.24. The molecular formula is C16H11N5OS. The van der Waals surface area contributed by atoms with E-state index in [9.17, 15) is 4.79 Å². The van der Waals surface area contributed by atoms with Crippen molar-refractivity contribution in [2.24, 2.45) is 0 Å². The average Bonchev–Trinajstić information content (AvgIpc) is 3.25. The van der Waals surface area contributed by atoms with Crippen LogP contribution in [0, 0.1) is 0 Å². The predicted molar refractivity (Wildman–Crippen MR) is 88.9 cm³/mol. The number of nitrogens with zero attached hydrogens (tertiary/aromatic N) is 4. The van der Waals surface area contributed by atoms with Gasteiger partial charge in [0.25, 0.3) is 5.91 Å². The first-order chi connectivity index (χ1) is 11.3. The Morgan fingerprint density at radius 3 is 2.70 bits per heavy atom. The van der Waals surface area contributed by atoms with Gasteiger partial charge in [0.15, 0.2) is 5.69 Å². The summed E-state index contributed by atoms with van der Waals surface area (Å²) in [4.78, 5) is 16.3. The fraction of sp³-hybridized carbons (Fsp3) is 0. The van der Waals surface area contributed by atoms with Crippen LogP contribution >= 0.6 is 11.7 Å². The lowest BCUT2D eigenvalue weighted by molar-refractivity contribution is 0.102. The van der Waals surface area contributed by atoms with Crippen molar-refractivity contribution in [2.45, 2.75) is 0 Å². The van der Waals surface area contributed by atoms with Crippen LogP contribution in [-0.2, 0) is 0 Å². The van der Waals surface area contributed by atoms with Crippen molar-refractivity contribution in [3.8, 4) is 5.69 Å². The second-order valence-corrected chi connectivity index (χ2v) is 5.45. The topological polar surface area (TPSA) is 72.7 Å². The van der Waals surface area contributed by atoms with Crippen LogP contribution in [0.25, 0.3) is 16.7 Å². The Labute approximate surface area is 135 Å². The van der Waals surface area contributed by atoms with Gasteiger partial charge in [-0.3, -0.25) is 9.36 Å². The van der Waals surface area contributed by atoms with E-state index in [2.05, 4.69) is 19.0 Å². The summed E-state index contributed by atoms with van der Waals surface area (Å²) in [7, 11) is 0. The molecule has 0 unspecified atom stereocenters. The average molecular weight is 321 g/mol. The molecule has 112 valence electrons. The Bertz CT molecular complexity index is 960. The van der Waals surface area contributed by atoms with Crippen LogP contribution in [0.2, 0.25) is 0 Å². The highest BCUT2D eigenvalue weighted by Crippen LogP contribution is 2.19. The van der Waals surface area contributed by atoms with E-state index in [1.165, 1.54) is 6.20 Å². The molecule has 4 aromatic rings. The van der Waals surface area contributed by atoms with E-state index in [4.69, 9.17) is 0 Å². The lowest BCUT2D eigenvalue weighted by Gasteiger charge is -2.07. The standard InChI is InChI=1S/C16H11N5OS/c22-16(14-9-18-23-20-14)19-11-5-7-12(8-6-11)21-10-17-13-3-1-2-4-15(13)21/h1-10H,(H,19,22). The number of imidazole rings is 1. The molecule has 0 aliphatic rings. The zero-order valence-corrected chi connectivity index (χ0v) is 12.7. The first kappa shape index (κ1) is 13.6. The molecule has 6 nitrogen and oxygen atoms in total. The highest BCUT2D eigenvalue weighted by atomic mass is 32.1. The van der Waals surface area contributed by atoms with E-state index in [0.717, 1.165) is 28.4 Å². The van der Waals surface area contributed by atoms with Crippen LogP contribution in [0.3, 0.4) is 0 Å². The van der Waals surface area contributed by atoms with E-state index >= 15 is 0 Å². The normalized spacial score (nSPS) is 10.8.